The van der Waals surface area contributed by atoms with E-state index in [0.29, 0.717) is 6.10 Å². The normalized spacial score (nSPS) is 21.3. The molecule has 0 aromatic heterocycles. The van der Waals surface area contributed by atoms with E-state index in [0.717, 1.165) is 25.3 Å². The van der Waals surface area contributed by atoms with E-state index in [9.17, 15) is 0 Å². The van der Waals surface area contributed by atoms with Crippen LogP contribution in [0.4, 0.5) is 0 Å². The molecule has 0 spiro atoms. The lowest BCUT2D eigenvalue weighted by molar-refractivity contribution is 0.167. The maximum Gasteiger partial charge on any atom is 0.120 e. The Bertz CT molecular complexity index is 310. The van der Waals surface area contributed by atoms with E-state index in [4.69, 9.17) is 4.74 Å². The average Bonchev–Trinajstić information content (AvgIpc) is 2.31. The van der Waals surface area contributed by atoms with Gasteiger partial charge in [-0.05, 0) is 43.8 Å². The minimum Gasteiger partial charge on any atom is -0.489 e. The summed E-state index contributed by atoms with van der Waals surface area (Å²) in [5.74, 6) is 0.996. The van der Waals surface area contributed by atoms with Crippen LogP contribution in [0.2, 0.25) is 0 Å². The summed E-state index contributed by atoms with van der Waals surface area (Å²) in [6, 6.07) is 8.31. The van der Waals surface area contributed by atoms with Gasteiger partial charge in [-0.1, -0.05) is 6.07 Å². The van der Waals surface area contributed by atoms with Crippen LogP contribution in [-0.4, -0.2) is 25.4 Å². The number of hydrogen-bond acceptors (Lipinski definition) is 3. The fraction of sp³-hybridized carbons (Fsp3) is 0.500. The Morgan fingerprint density at radius 2 is 2.40 bits per heavy atom. The molecular formula is C12H17NOS. The highest BCUT2D eigenvalue weighted by atomic mass is 32.2. The van der Waals surface area contributed by atoms with Crippen LogP contribution in [0.1, 0.15) is 12.8 Å². The lowest BCUT2D eigenvalue weighted by atomic mass is 10.1. The molecule has 3 heteroatoms. The molecule has 1 aliphatic heterocycles. The minimum absolute atomic E-state index is 0.343. The predicted octanol–water partition coefficient (Wildman–Crippen LogP) is 2.54. The first-order valence-electron chi connectivity index (χ1n) is 5.40. The first-order valence-corrected chi connectivity index (χ1v) is 6.62. The van der Waals surface area contributed by atoms with Gasteiger partial charge in [0.2, 0.25) is 0 Å². The van der Waals surface area contributed by atoms with Crippen LogP contribution in [0.5, 0.6) is 5.75 Å². The third-order valence-electron chi connectivity index (χ3n) is 2.60. The topological polar surface area (TPSA) is 21.3 Å². The molecule has 0 radical (unpaired) electrons. The Balaban J connectivity index is 1.96. The van der Waals surface area contributed by atoms with Gasteiger partial charge in [0.05, 0.1) is 0 Å². The predicted molar refractivity (Wildman–Crippen MR) is 64.7 cm³/mol. The molecule has 1 fully saturated rings. The number of benzene rings is 1. The average molecular weight is 223 g/mol. The number of thioether (sulfide) groups is 1. The van der Waals surface area contributed by atoms with E-state index in [2.05, 4.69) is 29.8 Å². The molecule has 1 saturated heterocycles. The van der Waals surface area contributed by atoms with Gasteiger partial charge in [0, 0.05) is 11.4 Å². The molecular weight excluding hydrogens is 206 g/mol. The van der Waals surface area contributed by atoms with Crippen LogP contribution in [-0.2, 0) is 0 Å². The van der Waals surface area contributed by atoms with E-state index in [1.54, 1.807) is 11.8 Å². The zero-order valence-electron chi connectivity index (χ0n) is 9.03. The molecule has 2 rings (SSSR count). The van der Waals surface area contributed by atoms with Crippen LogP contribution in [0.3, 0.4) is 0 Å². The van der Waals surface area contributed by atoms with Crippen molar-refractivity contribution in [1.82, 2.24) is 5.32 Å². The van der Waals surface area contributed by atoms with Crippen molar-refractivity contribution in [3.63, 3.8) is 0 Å². The van der Waals surface area contributed by atoms with Gasteiger partial charge in [-0.2, -0.15) is 0 Å². The van der Waals surface area contributed by atoms with Gasteiger partial charge in [-0.25, -0.2) is 0 Å². The molecule has 1 aliphatic rings. The summed E-state index contributed by atoms with van der Waals surface area (Å²) in [4.78, 5) is 1.26. The van der Waals surface area contributed by atoms with Gasteiger partial charge in [-0.3, -0.25) is 0 Å². The van der Waals surface area contributed by atoms with Crippen molar-refractivity contribution < 1.29 is 4.74 Å². The minimum atomic E-state index is 0.343. The summed E-state index contributed by atoms with van der Waals surface area (Å²) >= 11 is 1.75. The number of ether oxygens (including phenoxy) is 1. The van der Waals surface area contributed by atoms with Gasteiger partial charge in [0.25, 0.3) is 0 Å². The quantitative estimate of drug-likeness (QED) is 0.796. The maximum absolute atomic E-state index is 5.92. The summed E-state index contributed by atoms with van der Waals surface area (Å²) < 4.78 is 5.92. The molecule has 0 bridgehead atoms. The molecule has 1 aromatic rings. The summed E-state index contributed by atoms with van der Waals surface area (Å²) in [6.07, 6.45) is 4.81. The Hall–Kier alpha value is -0.670. The molecule has 2 nitrogen and oxygen atoms in total. The Kier molecular flexibility index (Phi) is 3.92. The highest BCUT2D eigenvalue weighted by molar-refractivity contribution is 7.98. The highest BCUT2D eigenvalue weighted by Gasteiger charge is 2.14. The number of piperidine rings is 1. The molecule has 1 aromatic carbocycles. The van der Waals surface area contributed by atoms with E-state index in [-0.39, 0.29) is 0 Å². The zero-order chi connectivity index (χ0) is 10.5. The van der Waals surface area contributed by atoms with Gasteiger partial charge < -0.3 is 10.1 Å². The molecule has 82 valence electrons. The molecule has 0 amide bonds. The third-order valence-corrected chi connectivity index (χ3v) is 3.32. The molecule has 15 heavy (non-hydrogen) atoms. The molecule has 1 atom stereocenters. The first-order chi connectivity index (χ1) is 7.38. The molecule has 1 unspecified atom stereocenters. The van der Waals surface area contributed by atoms with E-state index in [1.807, 2.05) is 6.07 Å². The van der Waals surface area contributed by atoms with Crippen molar-refractivity contribution in [2.45, 2.75) is 23.8 Å². The lowest BCUT2D eigenvalue weighted by Crippen LogP contribution is -2.37. The first kappa shape index (κ1) is 10.8. The van der Waals surface area contributed by atoms with Crippen LogP contribution in [0.15, 0.2) is 29.2 Å². The third kappa shape index (κ3) is 3.14. The maximum atomic E-state index is 5.92. The van der Waals surface area contributed by atoms with Crippen LogP contribution >= 0.6 is 11.8 Å². The highest BCUT2D eigenvalue weighted by Crippen LogP contribution is 2.22. The standard InChI is InChI=1S/C12H17NOS/c1-15-12-6-2-4-10(8-12)14-11-5-3-7-13-9-11/h2,4,6,8,11,13H,3,5,7,9H2,1H3. The van der Waals surface area contributed by atoms with Crippen LogP contribution in [0.25, 0.3) is 0 Å². The van der Waals surface area contributed by atoms with Crippen molar-refractivity contribution >= 4 is 11.8 Å². The van der Waals surface area contributed by atoms with Gasteiger partial charge >= 0.3 is 0 Å². The Morgan fingerprint density at radius 3 is 3.13 bits per heavy atom. The summed E-state index contributed by atoms with van der Waals surface area (Å²) in [5.41, 5.74) is 0. The van der Waals surface area contributed by atoms with Crippen molar-refractivity contribution in [3.8, 4) is 5.75 Å². The van der Waals surface area contributed by atoms with Gasteiger partial charge in [0.15, 0.2) is 0 Å². The van der Waals surface area contributed by atoms with Crippen LogP contribution in [0, 0.1) is 0 Å². The fourth-order valence-corrected chi connectivity index (χ4v) is 2.24. The smallest absolute Gasteiger partial charge is 0.120 e. The monoisotopic (exact) mass is 223 g/mol. The summed E-state index contributed by atoms with van der Waals surface area (Å²) in [5, 5.41) is 3.35. The van der Waals surface area contributed by atoms with Gasteiger partial charge in [-0.15, -0.1) is 11.8 Å². The van der Waals surface area contributed by atoms with Crippen molar-refractivity contribution in [2.75, 3.05) is 19.3 Å². The Labute approximate surface area is 95.4 Å². The number of nitrogens with one attached hydrogen (secondary N) is 1. The SMILES string of the molecule is CSc1cccc(OC2CCCNC2)c1. The lowest BCUT2D eigenvalue weighted by Gasteiger charge is -2.24. The Morgan fingerprint density at radius 1 is 1.47 bits per heavy atom. The number of rotatable bonds is 3. The molecule has 0 aliphatic carbocycles. The second-order valence-electron chi connectivity index (χ2n) is 3.77. The largest absolute Gasteiger partial charge is 0.489 e. The molecule has 1 heterocycles. The number of hydrogen-bond donors (Lipinski definition) is 1. The van der Waals surface area contributed by atoms with Crippen molar-refractivity contribution in [1.29, 1.82) is 0 Å². The summed E-state index contributed by atoms with van der Waals surface area (Å²) in [6.45, 7) is 2.11. The van der Waals surface area contributed by atoms with Crippen molar-refractivity contribution in [2.24, 2.45) is 0 Å². The molecule has 0 saturated carbocycles. The van der Waals surface area contributed by atoms with Crippen LogP contribution < -0.4 is 10.1 Å². The van der Waals surface area contributed by atoms with Crippen molar-refractivity contribution in [3.05, 3.63) is 24.3 Å². The van der Waals surface area contributed by atoms with E-state index < -0.39 is 0 Å². The fourth-order valence-electron chi connectivity index (χ4n) is 1.79. The second kappa shape index (κ2) is 5.42. The second-order valence-corrected chi connectivity index (χ2v) is 4.64. The van der Waals surface area contributed by atoms with Gasteiger partial charge in [0.1, 0.15) is 11.9 Å². The molecule has 1 N–H and O–H groups in total. The summed E-state index contributed by atoms with van der Waals surface area (Å²) in [7, 11) is 0. The van der Waals surface area contributed by atoms with E-state index >= 15 is 0 Å². The van der Waals surface area contributed by atoms with E-state index in [1.165, 1.54) is 11.3 Å². The zero-order valence-corrected chi connectivity index (χ0v) is 9.85.